The molecular formula is C9H10ClFN2O3. The van der Waals surface area contributed by atoms with Crippen LogP contribution < -0.4 is 10.5 Å². The predicted octanol–water partition coefficient (Wildman–Crippen LogP) is 1.94. The third-order valence-electron chi connectivity index (χ3n) is 2.37. The van der Waals surface area contributed by atoms with E-state index in [1.54, 1.807) is 0 Å². The number of fused-ring (bicyclic) bond motifs is 1. The van der Waals surface area contributed by atoms with Crippen molar-refractivity contribution in [3.8, 4) is 5.75 Å². The Morgan fingerprint density at radius 3 is 2.88 bits per heavy atom. The maximum Gasteiger partial charge on any atom is 0.346 e. The van der Waals surface area contributed by atoms with Crippen molar-refractivity contribution in [2.45, 2.75) is 12.5 Å². The van der Waals surface area contributed by atoms with Gasteiger partial charge in [0.25, 0.3) is 0 Å². The molecule has 0 unspecified atom stereocenters. The third kappa shape index (κ3) is 1.94. The molecule has 0 fully saturated rings. The molecule has 0 spiro atoms. The van der Waals surface area contributed by atoms with Gasteiger partial charge in [-0.2, -0.15) is 4.39 Å². The van der Waals surface area contributed by atoms with Gasteiger partial charge in [-0.15, -0.1) is 12.4 Å². The van der Waals surface area contributed by atoms with E-state index in [1.807, 2.05) is 0 Å². The molecule has 1 heterocycles. The van der Waals surface area contributed by atoms with Crippen molar-refractivity contribution in [1.29, 1.82) is 0 Å². The Bertz CT molecular complexity index is 427. The van der Waals surface area contributed by atoms with Gasteiger partial charge in [0, 0.05) is 18.0 Å². The number of hydrogen-bond donors (Lipinski definition) is 1. The highest BCUT2D eigenvalue weighted by Crippen LogP contribution is 2.39. The number of benzene rings is 1. The Kier molecular flexibility index (Phi) is 3.66. The van der Waals surface area contributed by atoms with Gasteiger partial charge in [0.2, 0.25) is 11.6 Å². The summed E-state index contributed by atoms with van der Waals surface area (Å²) in [5.74, 6) is -0.924. The zero-order valence-corrected chi connectivity index (χ0v) is 9.00. The van der Waals surface area contributed by atoms with E-state index in [2.05, 4.69) is 0 Å². The molecule has 0 amide bonds. The summed E-state index contributed by atoms with van der Waals surface area (Å²) in [6.45, 7) is 0.276. The number of halogens is 2. The molecule has 0 radical (unpaired) electrons. The molecular weight excluding hydrogens is 239 g/mol. The van der Waals surface area contributed by atoms with Crippen LogP contribution in [0.4, 0.5) is 10.1 Å². The van der Waals surface area contributed by atoms with Crippen LogP contribution in [0.2, 0.25) is 0 Å². The van der Waals surface area contributed by atoms with Gasteiger partial charge in [0.1, 0.15) is 0 Å². The summed E-state index contributed by atoms with van der Waals surface area (Å²) < 4.78 is 18.3. The fourth-order valence-corrected chi connectivity index (χ4v) is 1.62. The number of nitro benzene ring substituents is 1. The van der Waals surface area contributed by atoms with E-state index in [0.29, 0.717) is 12.0 Å². The Morgan fingerprint density at radius 2 is 2.25 bits per heavy atom. The van der Waals surface area contributed by atoms with Crippen molar-refractivity contribution < 1.29 is 14.1 Å². The summed E-state index contributed by atoms with van der Waals surface area (Å²) in [6.07, 6.45) is 0.579. The average Bonchev–Trinajstić information content (AvgIpc) is 2.17. The smallest absolute Gasteiger partial charge is 0.346 e. The van der Waals surface area contributed by atoms with Crippen LogP contribution in [0.25, 0.3) is 0 Å². The molecule has 2 rings (SSSR count). The second-order valence-corrected chi connectivity index (χ2v) is 3.32. The molecule has 88 valence electrons. The van der Waals surface area contributed by atoms with E-state index in [9.17, 15) is 14.5 Å². The Hall–Kier alpha value is -1.40. The van der Waals surface area contributed by atoms with Gasteiger partial charge in [0.05, 0.1) is 11.5 Å². The summed E-state index contributed by atoms with van der Waals surface area (Å²) in [6, 6.07) is 2.15. The summed E-state index contributed by atoms with van der Waals surface area (Å²) in [5, 5.41) is 10.6. The lowest BCUT2D eigenvalue weighted by Gasteiger charge is -2.22. The molecule has 1 aliphatic heterocycles. The predicted molar refractivity (Wildman–Crippen MR) is 57.3 cm³/mol. The van der Waals surface area contributed by atoms with E-state index in [-0.39, 0.29) is 30.8 Å². The van der Waals surface area contributed by atoms with Crippen LogP contribution in [0.1, 0.15) is 18.0 Å². The highest BCUT2D eigenvalue weighted by atomic mass is 35.5. The highest BCUT2D eigenvalue weighted by Gasteiger charge is 2.30. The summed E-state index contributed by atoms with van der Waals surface area (Å²) in [7, 11) is 0. The van der Waals surface area contributed by atoms with E-state index >= 15 is 0 Å². The van der Waals surface area contributed by atoms with E-state index < -0.39 is 16.4 Å². The minimum Gasteiger partial charge on any atom is -0.486 e. The normalized spacial score (nSPS) is 18.0. The molecule has 0 aliphatic carbocycles. The quantitative estimate of drug-likeness (QED) is 0.608. The highest BCUT2D eigenvalue weighted by molar-refractivity contribution is 5.85. The lowest BCUT2D eigenvalue weighted by atomic mass is 10.0. The second-order valence-electron chi connectivity index (χ2n) is 3.32. The molecule has 1 aromatic rings. The molecule has 1 aromatic carbocycles. The zero-order chi connectivity index (χ0) is 11.0. The Labute approximate surface area is 96.9 Å². The van der Waals surface area contributed by atoms with Crippen molar-refractivity contribution in [3.05, 3.63) is 33.6 Å². The number of rotatable bonds is 1. The van der Waals surface area contributed by atoms with Gasteiger partial charge in [0.15, 0.2) is 0 Å². The molecule has 0 aromatic heterocycles. The molecule has 16 heavy (non-hydrogen) atoms. The zero-order valence-electron chi connectivity index (χ0n) is 8.18. The van der Waals surface area contributed by atoms with Gasteiger partial charge in [-0.3, -0.25) is 10.1 Å². The molecule has 0 saturated heterocycles. The maximum atomic E-state index is 13.2. The number of hydrogen-bond acceptors (Lipinski definition) is 4. The summed E-state index contributed by atoms with van der Waals surface area (Å²) in [4.78, 5) is 9.86. The van der Waals surface area contributed by atoms with Crippen LogP contribution >= 0.6 is 12.4 Å². The topological polar surface area (TPSA) is 78.4 Å². The SMILES string of the molecule is Cl.N[C@H]1CCOc2c1ccc(F)c2[N+](=O)[O-]. The van der Waals surface area contributed by atoms with Crippen molar-refractivity contribution >= 4 is 18.1 Å². The van der Waals surface area contributed by atoms with Gasteiger partial charge >= 0.3 is 5.69 Å². The van der Waals surface area contributed by atoms with Crippen LogP contribution in [0.3, 0.4) is 0 Å². The minimum atomic E-state index is -0.896. The van der Waals surface area contributed by atoms with Crippen molar-refractivity contribution in [2.75, 3.05) is 6.61 Å². The van der Waals surface area contributed by atoms with Crippen LogP contribution in [0.15, 0.2) is 12.1 Å². The van der Waals surface area contributed by atoms with Crippen molar-refractivity contribution in [1.82, 2.24) is 0 Å². The number of nitrogens with zero attached hydrogens (tertiary/aromatic N) is 1. The van der Waals surface area contributed by atoms with Crippen molar-refractivity contribution in [3.63, 3.8) is 0 Å². The first-order valence-electron chi connectivity index (χ1n) is 4.46. The van der Waals surface area contributed by atoms with E-state index in [1.165, 1.54) is 6.07 Å². The van der Waals surface area contributed by atoms with Crippen LogP contribution in [0.5, 0.6) is 5.75 Å². The Balaban J connectivity index is 0.00000128. The van der Waals surface area contributed by atoms with E-state index in [4.69, 9.17) is 10.5 Å². The summed E-state index contributed by atoms with van der Waals surface area (Å²) in [5.41, 5.74) is 5.61. The largest absolute Gasteiger partial charge is 0.486 e. The molecule has 1 atom stereocenters. The molecule has 7 heteroatoms. The molecule has 0 bridgehead atoms. The molecule has 0 saturated carbocycles. The van der Waals surface area contributed by atoms with Crippen molar-refractivity contribution in [2.24, 2.45) is 5.73 Å². The van der Waals surface area contributed by atoms with Gasteiger partial charge < -0.3 is 10.5 Å². The van der Waals surface area contributed by atoms with Crippen LogP contribution in [-0.2, 0) is 0 Å². The third-order valence-corrected chi connectivity index (χ3v) is 2.37. The molecule has 5 nitrogen and oxygen atoms in total. The second kappa shape index (κ2) is 4.63. The Morgan fingerprint density at radius 1 is 1.56 bits per heavy atom. The first kappa shape index (κ1) is 12.7. The maximum absolute atomic E-state index is 13.2. The lowest BCUT2D eigenvalue weighted by molar-refractivity contribution is -0.388. The van der Waals surface area contributed by atoms with Crippen LogP contribution in [-0.4, -0.2) is 11.5 Å². The van der Waals surface area contributed by atoms with Crippen LogP contribution in [0, 0.1) is 15.9 Å². The first-order valence-corrected chi connectivity index (χ1v) is 4.46. The minimum absolute atomic E-state index is 0. The molecule has 1 aliphatic rings. The fourth-order valence-electron chi connectivity index (χ4n) is 1.62. The fraction of sp³-hybridized carbons (Fsp3) is 0.333. The number of nitro groups is 1. The van der Waals surface area contributed by atoms with E-state index in [0.717, 1.165) is 6.07 Å². The molecule has 2 N–H and O–H groups in total. The van der Waals surface area contributed by atoms with Gasteiger partial charge in [-0.1, -0.05) is 6.07 Å². The average molecular weight is 249 g/mol. The standard InChI is InChI=1S/C9H9FN2O3.ClH/c10-6-2-1-5-7(11)3-4-15-9(5)8(6)12(13)14;/h1-2,7H,3-4,11H2;1H/t7-;/m0./s1. The van der Waals surface area contributed by atoms with Gasteiger partial charge in [-0.25, -0.2) is 0 Å². The monoisotopic (exact) mass is 248 g/mol. The van der Waals surface area contributed by atoms with Gasteiger partial charge in [-0.05, 0) is 6.07 Å². The first-order chi connectivity index (χ1) is 7.11. The summed E-state index contributed by atoms with van der Waals surface area (Å²) >= 11 is 0. The number of ether oxygens (including phenoxy) is 1. The number of nitrogens with two attached hydrogens (primary N) is 1. The lowest BCUT2D eigenvalue weighted by Crippen LogP contribution is -2.21.